The molecule has 0 heterocycles. The number of methoxy groups -OCH3 is 1. The molecule has 0 aromatic heterocycles. The van der Waals surface area contributed by atoms with Gasteiger partial charge in [0, 0.05) is 12.1 Å². The van der Waals surface area contributed by atoms with Crippen molar-refractivity contribution in [3.05, 3.63) is 60.2 Å². The van der Waals surface area contributed by atoms with Crippen molar-refractivity contribution in [1.29, 1.82) is 0 Å². The summed E-state index contributed by atoms with van der Waals surface area (Å²) >= 11 is 0. The zero-order valence-corrected chi connectivity index (χ0v) is 15.4. The Balaban J connectivity index is 2.20. The van der Waals surface area contributed by atoms with E-state index in [9.17, 15) is 0 Å². The lowest BCUT2D eigenvalue weighted by molar-refractivity contribution is 0.414. The van der Waals surface area contributed by atoms with Crippen LogP contribution in [0.1, 0.15) is 18.0 Å². The second-order valence-electron chi connectivity index (χ2n) is 6.59. The molecular weight excluding hydrogens is 298 g/mol. The van der Waals surface area contributed by atoms with Gasteiger partial charge in [-0.25, -0.2) is 0 Å². The van der Waals surface area contributed by atoms with Gasteiger partial charge < -0.3 is 10.1 Å². The summed E-state index contributed by atoms with van der Waals surface area (Å²) in [4.78, 5) is 0. The first kappa shape index (κ1) is 17.2. The van der Waals surface area contributed by atoms with Crippen LogP contribution in [-0.4, -0.2) is 15.2 Å². The van der Waals surface area contributed by atoms with Gasteiger partial charge in [0.05, 0.1) is 13.2 Å². The molecule has 0 radical (unpaired) electrons. The summed E-state index contributed by atoms with van der Waals surface area (Å²) in [5, 5.41) is 3.59. The predicted octanol–water partition coefficient (Wildman–Crippen LogP) is 5.12. The molecule has 0 bridgehead atoms. The maximum Gasteiger partial charge on any atom is 0.129 e. The van der Waals surface area contributed by atoms with Crippen molar-refractivity contribution in [2.24, 2.45) is 0 Å². The van der Waals surface area contributed by atoms with E-state index in [0.717, 1.165) is 17.9 Å². The van der Waals surface area contributed by atoms with E-state index in [4.69, 9.17) is 4.74 Å². The Morgan fingerprint density at radius 3 is 2.22 bits per heavy atom. The first-order chi connectivity index (χ1) is 11.0. The van der Waals surface area contributed by atoms with E-state index in [1.807, 2.05) is 30.3 Å². The van der Waals surface area contributed by atoms with Crippen molar-refractivity contribution in [1.82, 2.24) is 0 Å². The Bertz CT molecular complexity index is 663. The monoisotopic (exact) mass is 323 g/mol. The van der Waals surface area contributed by atoms with Crippen molar-refractivity contribution < 1.29 is 4.74 Å². The summed E-state index contributed by atoms with van der Waals surface area (Å²) in [6, 6.07) is 18.7. The lowest BCUT2D eigenvalue weighted by atomic mass is 10.0. The van der Waals surface area contributed by atoms with Crippen LogP contribution < -0.4 is 10.1 Å². The third-order valence-corrected chi connectivity index (χ3v) is 4.33. The van der Waals surface area contributed by atoms with Crippen LogP contribution in [0.3, 0.4) is 0 Å². The van der Waals surface area contributed by atoms with Crippen LogP contribution in [0.15, 0.2) is 54.6 Å². The second kappa shape index (κ2) is 7.89. The number of para-hydroxylation sites is 1. The smallest absolute Gasteiger partial charge is 0.129 e. The fourth-order valence-corrected chi connectivity index (χ4v) is 2.87. The largest absolute Gasteiger partial charge is 0.497 e. The molecule has 2 nitrogen and oxygen atoms in total. The van der Waals surface area contributed by atoms with Gasteiger partial charge in [-0.15, -0.1) is 11.5 Å². The van der Waals surface area contributed by atoms with Crippen LogP contribution >= 0.6 is 0 Å². The number of ether oxygens (including phenoxy) is 1. The third kappa shape index (κ3) is 5.84. The topological polar surface area (TPSA) is 21.3 Å². The van der Waals surface area contributed by atoms with E-state index in [2.05, 4.69) is 60.7 Å². The summed E-state index contributed by atoms with van der Waals surface area (Å²) < 4.78 is 5.25. The SMILES string of the molecule is COc1ccc(C(CC#C[Si](C)(C)C)Nc2ccccc2)cc1. The first-order valence-corrected chi connectivity index (χ1v) is 11.4. The molecule has 0 aliphatic rings. The third-order valence-electron chi connectivity index (χ3n) is 3.40. The molecule has 23 heavy (non-hydrogen) atoms. The lowest BCUT2D eigenvalue weighted by Crippen LogP contribution is -2.17. The molecule has 2 rings (SSSR count). The fraction of sp³-hybridized carbons (Fsp3) is 0.300. The van der Waals surface area contributed by atoms with Gasteiger partial charge in [-0.2, -0.15) is 0 Å². The van der Waals surface area contributed by atoms with Crippen LogP contribution in [0.4, 0.5) is 5.69 Å². The molecule has 2 aromatic rings. The van der Waals surface area contributed by atoms with Crippen LogP contribution in [0.5, 0.6) is 5.75 Å². The Morgan fingerprint density at radius 1 is 1.00 bits per heavy atom. The molecule has 0 saturated carbocycles. The molecule has 1 N–H and O–H groups in total. The number of rotatable bonds is 5. The van der Waals surface area contributed by atoms with Gasteiger partial charge in [0.25, 0.3) is 0 Å². The van der Waals surface area contributed by atoms with Crippen molar-refractivity contribution in [3.63, 3.8) is 0 Å². The highest BCUT2D eigenvalue weighted by atomic mass is 28.3. The molecule has 3 heteroatoms. The van der Waals surface area contributed by atoms with E-state index in [1.54, 1.807) is 7.11 Å². The highest BCUT2D eigenvalue weighted by molar-refractivity contribution is 6.83. The number of hydrogen-bond acceptors (Lipinski definition) is 2. The molecular formula is C20H25NOSi. The fourth-order valence-electron chi connectivity index (χ4n) is 2.24. The maximum absolute atomic E-state index is 5.25. The number of hydrogen-bond donors (Lipinski definition) is 1. The number of benzene rings is 2. The molecule has 2 aromatic carbocycles. The van der Waals surface area contributed by atoms with E-state index < -0.39 is 8.07 Å². The van der Waals surface area contributed by atoms with Crippen LogP contribution in [0.2, 0.25) is 19.6 Å². The first-order valence-electron chi connectivity index (χ1n) is 7.93. The Hall–Kier alpha value is -2.18. The molecule has 0 aliphatic heterocycles. The van der Waals surface area contributed by atoms with Gasteiger partial charge in [0.15, 0.2) is 0 Å². The van der Waals surface area contributed by atoms with Crippen molar-refractivity contribution in [2.75, 3.05) is 12.4 Å². The van der Waals surface area contributed by atoms with Gasteiger partial charge in [-0.1, -0.05) is 50.0 Å². The maximum atomic E-state index is 5.25. The normalized spacial score (nSPS) is 12.0. The minimum absolute atomic E-state index is 0.173. The Labute approximate surface area is 140 Å². The van der Waals surface area contributed by atoms with Gasteiger partial charge in [-0.05, 0) is 29.8 Å². The summed E-state index contributed by atoms with van der Waals surface area (Å²) in [6.45, 7) is 6.81. The van der Waals surface area contributed by atoms with E-state index in [0.29, 0.717) is 0 Å². The molecule has 0 spiro atoms. The molecule has 0 fully saturated rings. The number of anilines is 1. The van der Waals surface area contributed by atoms with Crippen LogP contribution in [0, 0.1) is 11.5 Å². The Kier molecular flexibility index (Phi) is 5.89. The average Bonchev–Trinajstić information content (AvgIpc) is 2.54. The summed E-state index contributed by atoms with van der Waals surface area (Å²) in [6.07, 6.45) is 0.797. The van der Waals surface area contributed by atoms with Crippen molar-refractivity contribution >= 4 is 13.8 Å². The van der Waals surface area contributed by atoms with Gasteiger partial charge in [0.2, 0.25) is 0 Å². The van der Waals surface area contributed by atoms with Crippen LogP contribution in [0.25, 0.3) is 0 Å². The average molecular weight is 324 g/mol. The summed E-state index contributed by atoms with van der Waals surface area (Å²) in [7, 11) is 0.348. The molecule has 1 atom stereocenters. The zero-order valence-electron chi connectivity index (χ0n) is 14.4. The van der Waals surface area contributed by atoms with Gasteiger partial charge in [-0.3, -0.25) is 0 Å². The lowest BCUT2D eigenvalue weighted by Gasteiger charge is -2.19. The van der Waals surface area contributed by atoms with Gasteiger partial charge >= 0.3 is 0 Å². The highest BCUT2D eigenvalue weighted by Gasteiger charge is 2.12. The standard InChI is InChI=1S/C20H25NOSi/c1-22-19-14-12-17(13-15-19)20(11-8-16-23(2,3)4)21-18-9-6-5-7-10-18/h5-7,9-10,12-15,20-21H,11H2,1-4H3. The minimum atomic E-state index is -1.34. The Morgan fingerprint density at radius 2 is 1.65 bits per heavy atom. The van der Waals surface area contributed by atoms with E-state index in [1.165, 1.54) is 5.56 Å². The highest BCUT2D eigenvalue weighted by Crippen LogP contribution is 2.24. The molecule has 0 aliphatic carbocycles. The van der Waals surface area contributed by atoms with E-state index >= 15 is 0 Å². The van der Waals surface area contributed by atoms with Crippen LogP contribution in [-0.2, 0) is 0 Å². The van der Waals surface area contributed by atoms with Gasteiger partial charge in [0.1, 0.15) is 13.8 Å². The minimum Gasteiger partial charge on any atom is -0.497 e. The zero-order chi connectivity index (χ0) is 16.7. The van der Waals surface area contributed by atoms with E-state index in [-0.39, 0.29) is 6.04 Å². The molecule has 0 amide bonds. The quantitative estimate of drug-likeness (QED) is 0.609. The van der Waals surface area contributed by atoms with Crippen molar-refractivity contribution in [2.45, 2.75) is 32.1 Å². The molecule has 120 valence electrons. The molecule has 0 saturated heterocycles. The molecule has 1 unspecified atom stereocenters. The predicted molar refractivity (Wildman–Crippen MR) is 102 cm³/mol. The summed E-state index contributed by atoms with van der Waals surface area (Å²) in [5.74, 6) is 4.27. The second-order valence-corrected chi connectivity index (χ2v) is 11.3. The summed E-state index contributed by atoms with van der Waals surface area (Å²) in [5.41, 5.74) is 5.79. The van der Waals surface area contributed by atoms with Crippen molar-refractivity contribution in [3.8, 4) is 17.2 Å². The number of nitrogens with one attached hydrogen (secondary N) is 1.